The Morgan fingerprint density at radius 2 is 1.17 bits per heavy atom. The molecule has 2 N–H and O–H groups in total. The van der Waals surface area contributed by atoms with Crippen molar-refractivity contribution in [3.8, 4) is 11.5 Å². The molecular weight excluding hydrogens is 431 g/mol. The third kappa shape index (κ3) is 3.75. The first-order chi connectivity index (χ1) is 14.1. The topological polar surface area (TPSA) is 82.2 Å². The number of azo groups is 1. The van der Waals surface area contributed by atoms with E-state index in [0.29, 0.717) is 0 Å². The van der Waals surface area contributed by atoms with Gasteiger partial charge in [0.1, 0.15) is 22.1 Å². The van der Waals surface area contributed by atoms with Crippen molar-refractivity contribution in [1.82, 2.24) is 0 Å². The number of hydrogen-bond acceptors (Lipinski definition) is 5. The maximum Gasteiger partial charge on any atom is 0.200 e. The lowest BCUT2D eigenvalue weighted by Crippen LogP contribution is -2.00. The van der Waals surface area contributed by atoms with Gasteiger partial charge >= 0.3 is 0 Å². The van der Waals surface area contributed by atoms with Crippen molar-refractivity contribution in [2.75, 3.05) is 0 Å². The monoisotopic (exact) mass is 442 g/mol. The molecule has 0 amide bonds. The molecule has 1 atom stereocenters. The highest BCUT2D eigenvalue weighted by Crippen LogP contribution is 2.42. The van der Waals surface area contributed by atoms with Gasteiger partial charge in [0.05, 0.1) is 10.8 Å². The lowest BCUT2D eigenvalue weighted by atomic mass is 10.2. The van der Waals surface area contributed by atoms with E-state index < -0.39 is 67.7 Å². The molecule has 30 heavy (non-hydrogen) atoms. The fourth-order valence-electron chi connectivity index (χ4n) is 2.39. The number of benzene rings is 3. The quantitative estimate of drug-likeness (QED) is 0.179. The molecule has 11 heteroatoms. The molecule has 0 aliphatic carbocycles. The molecule has 0 aromatic heterocycles. The van der Waals surface area contributed by atoms with E-state index in [1.165, 1.54) is 12.1 Å². The first-order valence-corrected chi connectivity index (χ1v) is 9.25. The molecule has 5 nitrogen and oxygen atoms in total. The van der Waals surface area contributed by atoms with Crippen LogP contribution in [0.2, 0.25) is 0 Å². The summed E-state index contributed by atoms with van der Waals surface area (Å²) in [5, 5.41) is 26.5. The standard InChI is InChI=1S/C19H11F5N2O3S/c1-8-2-4-9(5-3-8)30(29)19-11(28)7-6-10(27)17(19)25-26-18-15(23)13(21)12(20)14(22)16(18)24/h2-7,27-28H,1H3. The van der Waals surface area contributed by atoms with Gasteiger partial charge in [-0.3, -0.25) is 0 Å². The predicted octanol–water partition coefficient (Wildman–Crippen LogP) is 5.68. The van der Waals surface area contributed by atoms with Crippen molar-refractivity contribution in [1.29, 1.82) is 0 Å². The van der Waals surface area contributed by atoms with Crippen LogP contribution < -0.4 is 0 Å². The van der Waals surface area contributed by atoms with E-state index in [0.717, 1.165) is 17.7 Å². The Hall–Kier alpha value is -3.34. The Morgan fingerprint density at radius 1 is 0.700 bits per heavy atom. The summed E-state index contributed by atoms with van der Waals surface area (Å²) in [6.45, 7) is 1.78. The van der Waals surface area contributed by atoms with Gasteiger partial charge in [-0.1, -0.05) is 17.7 Å². The second-order valence-electron chi connectivity index (χ2n) is 5.98. The molecule has 0 bridgehead atoms. The van der Waals surface area contributed by atoms with Gasteiger partial charge in [0.15, 0.2) is 29.0 Å². The highest BCUT2D eigenvalue weighted by molar-refractivity contribution is 7.85. The van der Waals surface area contributed by atoms with E-state index in [4.69, 9.17) is 0 Å². The zero-order valence-corrected chi connectivity index (χ0v) is 15.8. The van der Waals surface area contributed by atoms with Crippen LogP contribution in [0.15, 0.2) is 56.4 Å². The molecule has 1 unspecified atom stereocenters. The molecule has 0 fully saturated rings. The van der Waals surface area contributed by atoms with Crippen molar-refractivity contribution < 1.29 is 36.4 Å². The molecular formula is C19H11F5N2O3S. The lowest BCUT2D eigenvalue weighted by molar-refractivity contribution is 0.380. The summed E-state index contributed by atoms with van der Waals surface area (Å²) in [6.07, 6.45) is 0. The second kappa shape index (κ2) is 8.19. The van der Waals surface area contributed by atoms with Crippen molar-refractivity contribution in [3.05, 3.63) is 71.0 Å². The Kier molecular flexibility index (Phi) is 5.83. The van der Waals surface area contributed by atoms with E-state index in [1.807, 2.05) is 0 Å². The number of rotatable bonds is 4. The van der Waals surface area contributed by atoms with Crippen LogP contribution in [-0.4, -0.2) is 14.4 Å². The third-order valence-corrected chi connectivity index (χ3v) is 5.42. The van der Waals surface area contributed by atoms with Crippen molar-refractivity contribution >= 4 is 22.2 Å². The van der Waals surface area contributed by atoms with E-state index in [-0.39, 0.29) is 4.90 Å². The van der Waals surface area contributed by atoms with Gasteiger partial charge in [0.25, 0.3) is 0 Å². The third-order valence-electron chi connectivity index (χ3n) is 3.95. The number of phenolic OH excluding ortho intramolecular Hbond substituents is 2. The normalized spacial score (nSPS) is 12.5. The average Bonchev–Trinajstić information content (AvgIpc) is 2.73. The summed E-state index contributed by atoms with van der Waals surface area (Å²) in [5.74, 6) is -12.6. The predicted molar refractivity (Wildman–Crippen MR) is 96.0 cm³/mol. The van der Waals surface area contributed by atoms with E-state index >= 15 is 0 Å². The number of nitrogens with zero attached hydrogens (tertiary/aromatic N) is 2. The molecule has 3 rings (SSSR count). The lowest BCUT2D eigenvalue weighted by Gasteiger charge is -2.10. The van der Waals surface area contributed by atoms with Crippen LogP contribution in [0.3, 0.4) is 0 Å². The summed E-state index contributed by atoms with van der Waals surface area (Å²) in [6, 6.07) is 8.12. The number of phenols is 2. The Labute approximate surface area is 168 Å². The van der Waals surface area contributed by atoms with Crippen LogP contribution >= 0.6 is 0 Å². The van der Waals surface area contributed by atoms with E-state index in [2.05, 4.69) is 10.2 Å². The number of hydrogen-bond donors (Lipinski definition) is 2. The van der Waals surface area contributed by atoms with E-state index in [9.17, 15) is 36.4 Å². The summed E-state index contributed by atoms with van der Waals surface area (Å²) < 4.78 is 80.3. The smallest absolute Gasteiger partial charge is 0.200 e. The van der Waals surface area contributed by atoms with Crippen LogP contribution in [-0.2, 0) is 10.8 Å². The van der Waals surface area contributed by atoms with Gasteiger partial charge < -0.3 is 10.2 Å². The summed E-state index contributed by atoms with van der Waals surface area (Å²) >= 11 is 0. The van der Waals surface area contributed by atoms with Crippen molar-refractivity contribution in [3.63, 3.8) is 0 Å². The minimum atomic E-state index is -2.37. The highest BCUT2D eigenvalue weighted by atomic mass is 32.2. The second-order valence-corrected chi connectivity index (χ2v) is 7.40. The fraction of sp³-hybridized carbons (Fsp3) is 0.0526. The summed E-state index contributed by atoms with van der Waals surface area (Å²) in [4.78, 5) is -0.277. The minimum Gasteiger partial charge on any atom is -0.507 e. The molecule has 0 aliphatic rings. The van der Waals surface area contributed by atoms with Crippen LogP contribution in [0.4, 0.5) is 33.3 Å². The SMILES string of the molecule is Cc1ccc(S(=O)c2c(O)ccc(O)c2N=Nc2c(F)c(F)c(F)c(F)c2F)cc1. The van der Waals surface area contributed by atoms with Crippen LogP contribution in [0.5, 0.6) is 11.5 Å². The largest absolute Gasteiger partial charge is 0.507 e. The molecule has 3 aromatic rings. The minimum absolute atomic E-state index is 0.189. The van der Waals surface area contributed by atoms with Gasteiger partial charge in [-0.25, -0.2) is 26.2 Å². The average molecular weight is 442 g/mol. The highest BCUT2D eigenvalue weighted by Gasteiger charge is 2.27. The molecule has 0 spiro atoms. The number of aryl methyl sites for hydroxylation is 1. The van der Waals surface area contributed by atoms with Gasteiger partial charge in [-0.2, -0.15) is 0 Å². The van der Waals surface area contributed by atoms with Crippen LogP contribution in [0.1, 0.15) is 5.56 Å². The van der Waals surface area contributed by atoms with E-state index in [1.54, 1.807) is 19.1 Å². The zero-order valence-electron chi connectivity index (χ0n) is 15.0. The van der Waals surface area contributed by atoms with Gasteiger partial charge in [0, 0.05) is 4.90 Å². The molecule has 0 saturated carbocycles. The maximum atomic E-state index is 13.8. The summed E-state index contributed by atoms with van der Waals surface area (Å²) in [5.41, 5.74) is -1.43. The zero-order chi connectivity index (χ0) is 22.2. The Morgan fingerprint density at radius 3 is 1.73 bits per heavy atom. The number of halogens is 5. The molecule has 0 radical (unpaired) electrons. The molecule has 156 valence electrons. The molecule has 0 aliphatic heterocycles. The molecule has 3 aromatic carbocycles. The van der Waals surface area contributed by atoms with Gasteiger partial charge in [-0.05, 0) is 31.2 Å². The van der Waals surface area contributed by atoms with Crippen molar-refractivity contribution in [2.24, 2.45) is 10.2 Å². The number of aromatic hydroxyl groups is 2. The molecule has 0 saturated heterocycles. The van der Waals surface area contributed by atoms with Crippen LogP contribution in [0.25, 0.3) is 0 Å². The summed E-state index contributed by atoms with van der Waals surface area (Å²) in [7, 11) is -2.13. The Balaban J connectivity index is 2.16. The Bertz CT molecular complexity index is 1170. The van der Waals surface area contributed by atoms with Gasteiger partial charge in [-0.15, -0.1) is 10.2 Å². The first kappa shape index (κ1) is 21.4. The van der Waals surface area contributed by atoms with Crippen molar-refractivity contribution in [2.45, 2.75) is 16.7 Å². The first-order valence-electron chi connectivity index (χ1n) is 8.10. The fourth-order valence-corrected chi connectivity index (χ4v) is 3.59. The maximum absolute atomic E-state index is 13.8. The van der Waals surface area contributed by atoms with Gasteiger partial charge in [0.2, 0.25) is 5.82 Å². The molecule has 0 heterocycles. The van der Waals surface area contributed by atoms with Crippen LogP contribution in [0, 0.1) is 36.0 Å².